The molecule has 5 heteroatoms. The Morgan fingerprint density at radius 1 is 1.29 bits per heavy atom. The van der Waals surface area contributed by atoms with Crippen molar-refractivity contribution in [3.05, 3.63) is 24.5 Å². The molecule has 1 saturated heterocycles. The Morgan fingerprint density at radius 2 is 1.95 bits per heavy atom. The highest BCUT2D eigenvalue weighted by atomic mass is 16.2. The molecule has 114 valence electrons. The third kappa shape index (κ3) is 2.91. The number of piperazine rings is 1. The SMILES string of the molecule is CC(C)C1C(=O)NC(C(C)(C)C)C(=O)N1c1cccnc1. The predicted molar refractivity (Wildman–Crippen MR) is 81.7 cm³/mol. The lowest BCUT2D eigenvalue weighted by atomic mass is 9.82. The number of hydrogen-bond donors (Lipinski definition) is 1. The van der Waals surface area contributed by atoms with Crippen LogP contribution in [0.2, 0.25) is 0 Å². The largest absolute Gasteiger partial charge is 0.342 e. The van der Waals surface area contributed by atoms with Crippen LogP contribution in [0.4, 0.5) is 5.69 Å². The standard InChI is InChI=1S/C16H23N3O2/c1-10(2)12-14(20)18-13(16(3,4)5)15(21)19(12)11-7-6-8-17-9-11/h6-10,12-13H,1-5H3,(H,18,20). The highest BCUT2D eigenvalue weighted by Gasteiger charge is 2.46. The van der Waals surface area contributed by atoms with Gasteiger partial charge in [0.2, 0.25) is 5.91 Å². The van der Waals surface area contributed by atoms with Crippen molar-refractivity contribution >= 4 is 17.5 Å². The molecule has 1 aliphatic rings. The molecule has 2 rings (SSSR count). The number of carbonyl (C=O) groups excluding carboxylic acids is 2. The summed E-state index contributed by atoms with van der Waals surface area (Å²) < 4.78 is 0. The van der Waals surface area contributed by atoms with E-state index >= 15 is 0 Å². The number of nitrogens with zero attached hydrogens (tertiary/aromatic N) is 2. The minimum Gasteiger partial charge on any atom is -0.342 e. The first-order valence-electron chi connectivity index (χ1n) is 7.27. The molecule has 0 aliphatic carbocycles. The normalized spacial score (nSPS) is 23.4. The summed E-state index contributed by atoms with van der Waals surface area (Å²) in [5, 5.41) is 2.89. The molecule has 0 bridgehead atoms. The van der Waals surface area contributed by atoms with E-state index in [-0.39, 0.29) is 23.1 Å². The highest BCUT2D eigenvalue weighted by Crippen LogP contribution is 2.30. The monoisotopic (exact) mass is 289 g/mol. The Hall–Kier alpha value is -1.91. The number of hydrogen-bond acceptors (Lipinski definition) is 3. The van der Waals surface area contributed by atoms with E-state index < -0.39 is 12.1 Å². The van der Waals surface area contributed by atoms with Crippen LogP contribution in [0.3, 0.4) is 0 Å². The molecule has 1 fully saturated rings. The van der Waals surface area contributed by atoms with Crippen LogP contribution in [0.15, 0.2) is 24.5 Å². The molecule has 1 aromatic rings. The number of nitrogens with one attached hydrogen (secondary N) is 1. The molecule has 21 heavy (non-hydrogen) atoms. The minimum atomic E-state index is -0.528. The number of anilines is 1. The number of pyridine rings is 1. The lowest BCUT2D eigenvalue weighted by Crippen LogP contribution is -2.68. The maximum atomic E-state index is 12.9. The Balaban J connectivity index is 2.48. The summed E-state index contributed by atoms with van der Waals surface area (Å²) in [5.74, 6) is -0.155. The summed E-state index contributed by atoms with van der Waals surface area (Å²) >= 11 is 0. The van der Waals surface area contributed by atoms with Gasteiger partial charge < -0.3 is 5.32 Å². The second-order valence-electron chi connectivity index (χ2n) is 6.92. The van der Waals surface area contributed by atoms with Crippen molar-refractivity contribution in [2.45, 2.75) is 46.7 Å². The molecular weight excluding hydrogens is 266 g/mol. The van der Waals surface area contributed by atoms with Crippen LogP contribution in [-0.4, -0.2) is 28.9 Å². The zero-order valence-corrected chi connectivity index (χ0v) is 13.3. The van der Waals surface area contributed by atoms with Gasteiger partial charge in [-0.3, -0.25) is 19.5 Å². The highest BCUT2D eigenvalue weighted by molar-refractivity contribution is 6.08. The predicted octanol–water partition coefficient (Wildman–Crippen LogP) is 1.98. The summed E-state index contributed by atoms with van der Waals surface area (Å²) in [6.45, 7) is 9.74. The quantitative estimate of drug-likeness (QED) is 0.905. The summed E-state index contributed by atoms with van der Waals surface area (Å²) in [6, 6.07) is 2.57. The summed E-state index contributed by atoms with van der Waals surface area (Å²) in [4.78, 5) is 31.1. The molecule has 0 spiro atoms. The van der Waals surface area contributed by atoms with Crippen LogP contribution in [0.5, 0.6) is 0 Å². The van der Waals surface area contributed by atoms with Crippen molar-refractivity contribution in [1.29, 1.82) is 0 Å². The van der Waals surface area contributed by atoms with E-state index in [0.717, 1.165) is 0 Å². The van der Waals surface area contributed by atoms with Gasteiger partial charge in [-0.25, -0.2) is 0 Å². The van der Waals surface area contributed by atoms with Crippen molar-refractivity contribution in [3.8, 4) is 0 Å². The van der Waals surface area contributed by atoms with Gasteiger partial charge in [0.25, 0.3) is 5.91 Å². The Labute approximate surface area is 125 Å². The first-order valence-corrected chi connectivity index (χ1v) is 7.27. The van der Waals surface area contributed by atoms with Gasteiger partial charge in [0.15, 0.2) is 0 Å². The van der Waals surface area contributed by atoms with Crippen LogP contribution in [0, 0.1) is 11.3 Å². The molecule has 2 unspecified atom stereocenters. The molecule has 0 aromatic carbocycles. The van der Waals surface area contributed by atoms with Crippen molar-refractivity contribution in [3.63, 3.8) is 0 Å². The third-order valence-electron chi connectivity index (χ3n) is 3.74. The number of amides is 2. The molecule has 2 atom stereocenters. The smallest absolute Gasteiger partial charge is 0.250 e. The van der Waals surface area contributed by atoms with Gasteiger partial charge in [-0.15, -0.1) is 0 Å². The zero-order chi connectivity index (χ0) is 15.8. The van der Waals surface area contributed by atoms with Crippen LogP contribution >= 0.6 is 0 Å². The average Bonchev–Trinajstić information content (AvgIpc) is 2.39. The van der Waals surface area contributed by atoms with Crippen molar-refractivity contribution in [1.82, 2.24) is 10.3 Å². The van der Waals surface area contributed by atoms with Gasteiger partial charge in [0.05, 0.1) is 11.9 Å². The van der Waals surface area contributed by atoms with Gasteiger partial charge in [0.1, 0.15) is 12.1 Å². The summed E-state index contributed by atoms with van der Waals surface area (Å²) in [7, 11) is 0. The lowest BCUT2D eigenvalue weighted by molar-refractivity contribution is -0.137. The van der Waals surface area contributed by atoms with E-state index in [1.54, 1.807) is 23.4 Å². The van der Waals surface area contributed by atoms with Crippen molar-refractivity contribution in [2.75, 3.05) is 4.90 Å². The molecular formula is C16H23N3O2. The van der Waals surface area contributed by atoms with E-state index in [4.69, 9.17) is 0 Å². The van der Waals surface area contributed by atoms with E-state index in [1.807, 2.05) is 40.7 Å². The van der Waals surface area contributed by atoms with E-state index in [9.17, 15) is 9.59 Å². The van der Waals surface area contributed by atoms with Crippen LogP contribution in [-0.2, 0) is 9.59 Å². The van der Waals surface area contributed by atoms with Crippen molar-refractivity contribution in [2.24, 2.45) is 11.3 Å². The van der Waals surface area contributed by atoms with E-state index in [2.05, 4.69) is 10.3 Å². The van der Waals surface area contributed by atoms with Gasteiger partial charge in [0, 0.05) is 6.20 Å². The van der Waals surface area contributed by atoms with Crippen LogP contribution in [0.25, 0.3) is 0 Å². The number of aromatic nitrogens is 1. The van der Waals surface area contributed by atoms with Crippen LogP contribution < -0.4 is 10.2 Å². The van der Waals surface area contributed by atoms with Crippen LogP contribution in [0.1, 0.15) is 34.6 Å². The number of rotatable bonds is 2. The van der Waals surface area contributed by atoms with E-state index in [0.29, 0.717) is 5.69 Å². The lowest BCUT2D eigenvalue weighted by Gasteiger charge is -2.44. The van der Waals surface area contributed by atoms with Gasteiger partial charge >= 0.3 is 0 Å². The molecule has 1 aliphatic heterocycles. The molecule has 0 radical (unpaired) electrons. The van der Waals surface area contributed by atoms with Gasteiger partial charge in [-0.05, 0) is 23.5 Å². The topological polar surface area (TPSA) is 62.3 Å². The van der Waals surface area contributed by atoms with E-state index in [1.165, 1.54) is 0 Å². The Kier molecular flexibility index (Phi) is 4.03. The summed E-state index contributed by atoms with van der Waals surface area (Å²) in [6.07, 6.45) is 3.29. The molecule has 1 N–H and O–H groups in total. The molecule has 5 nitrogen and oxygen atoms in total. The second-order valence-corrected chi connectivity index (χ2v) is 6.92. The first-order chi connectivity index (χ1) is 9.73. The molecule has 1 aromatic heterocycles. The fraction of sp³-hybridized carbons (Fsp3) is 0.562. The Bertz CT molecular complexity index is 534. The second kappa shape index (κ2) is 5.47. The summed E-state index contributed by atoms with van der Waals surface area (Å²) in [5.41, 5.74) is 0.333. The first kappa shape index (κ1) is 15.5. The van der Waals surface area contributed by atoms with Gasteiger partial charge in [-0.2, -0.15) is 0 Å². The average molecular weight is 289 g/mol. The Morgan fingerprint density at radius 3 is 2.43 bits per heavy atom. The number of carbonyl (C=O) groups is 2. The third-order valence-corrected chi connectivity index (χ3v) is 3.74. The zero-order valence-electron chi connectivity index (χ0n) is 13.3. The maximum Gasteiger partial charge on any atom is 0.250 e. The van der Waals surface area contributed by atoms with Crippen molar-refractivity contribution < 1.29 is 9.59 Å². The molecule has 2 amide bonds. The molecule has 2 heterocycles. The minimum absolute atomic E-state index is 0.0232. The van der Waals surface area contributed by atoms with Gasteiger partial charge in [-0.1, -0.05) is 34.6 Å². The molecule has 0 saturated carbocycles. The fourth-order valence-corrected chi connectivity index (χ4v) is 2.65. The fourth-order valence-electron chi connectivity index (χ4n) is 2.65. The maximum absolute atomic E-state index is 12.9.